The zero-order valence-electron chi connectivity index (χ0n) is 16.8. The van der Waals surface area contributed by atoms with Crippen LogP contribution in [0.4, 0.5) is 11.4 Å². The van der Waals surface area contributed by atoms with Crippen LogP contribution < -0.4 is 10.2 Å². The Balaban J connectivity index is 1.47. The average Bonchev–Trinajstić information content (AvgIpc) is 2.75. The molecule has 3 rings (SSSR count). The molecule has 1 heterocycles. The summed E-state index contributed by atoms with van der Waals surface area (Å²) in [4.78, 5) is 31.1. The number of amides is 2. The highest BCUT2D eigenvalue weighted by Crippen LogP contribution is 2.20. The second-order valence-corrected chi connectivity index (χ2v) is 7.66. The van der Waals surface area contributed by atoms with Gasteiger partial charge in [0.05, 0.1) is 23.3 Å². The van der Waals surface area contributed by atoms with Crippen LogP contribution in [-0.2, 0) is 9.59 Å². The van der Waals surface area contributed by atoms with Crippen LogP contribution in [0, 0.1) is 0 Å². The van der Waals surface area contributed by atoms with E-state index in [4.69, 9.17) is 11.6 Å². The largest absolute Gasteiger partial charge is 0.324 e. The monoisotopic (exact) mass is 414 g/mol. The number of benzene rings is 2. The number of hydrogen-bond acceptors (Lipinski definition) is 4. The van der Waals surface area contributed by atoms with Gasteiger partial charge >= 0.3 is 0 Å². The van der Waals surface area contributed by atoms with Gasteiger partial charge < -0.3 is 10.2 Å². The fourth-order valence-corrected chi connectivity index (χ4v) is 3.66. The molecular formula is C22H27ClN4O2. The molecule has 6 nitrogen and oxygen atoms in total. The van der Waals surface area contributed by atoms with Crippen LogP contribution in [0.2, 0.25) is 5.02 Å². The van der Waals surface area contributed by atoms with E-state index >= 15 is 0 Å². The Morgan fingerprint density at radius 2 is 1.66 bits per heavy atom. The molecule has 154 valence electrons. The molecule has 1 fully saturated rings. The number of carbonyl (C=O) groups excluding carboxylic acids is 2. The highest BCUT2D eigenvalue weighted by atomic mass is 35.5. The Bertz CT molecular complexity index is 838. The Hall–Kier alpha value is -2.41. The molecule has 0 unspecified atom stereocenters. The van der Waals surface area contributed by atoms with Crippen molar-refractivity contribution in [2.45, 2.75) is 13.0 Å². The summed E-state index contributed by atoms with van der Waals surface area (Å²) in [6, 6.07) is 16.6. The molecule has 1 N–H and O–H groups in total. The van der Waals surface area contributed by atoms with Crippen molar-refractivity contribution < 1.29 is 9.59 Å². The molecule has 0 bridgehead atoms. The second kappa shape index (κ2) is 9.87. The van der Waals surface area contributed by atoms with Gasteiger partial charge in [0, 0.05) is 38.9 Å². The van der Waals surface area contributed by atoms with Gasteiger partial charge in [-0.3, -0.25) is 19.4 Å². The Morgan fingerprint density at radius 3 is 2.31 bits per heavy atom. The maximum absolute atomic E-state index is 12.8. The SMILES string of the molecule is C[C@H](C(=O)N(C)c1ccccc1)N1CCN(CC(=O)Nc2ccccc2Cl)CC1. The number of likely N-dealkylation sites (N-methyl/N-ethyl adjacent to an activating group) is 1. The summed E-state index contributed by atoms with van der Waals surface area (Å²) in [7, 11) is 1.81. The fourth-order valence-electron chi connectivity index (χ4n) is 3.48. The van der Waals surface area contributed by atoms with Gasteiger partial charge in [-0.25, -0.2) is 0 Å². The van der Waals surface area contributed by atoms with Crippen molar-refractivity contribution in [2.75, 3.05) is 50.0 Å². The first kappa shape index (κ1) is 21.3. The van der Waals surface area contributed by atoms with E-state index in [9.17, 15) is 9.59 Å². The normalized spacial score (nSPS) is 16.2. The molecule has 1 aliphatic rings. The van der Waals surface area contributed by atoms with E-state index < -0.39 is 0 Å². The molecule has 0 spiro atoms. The minimum Gasteiger partial charge on any atom is -0.324 e. The Morgan fingerprint density at radius 1 is 1.03 bits per heavy atom. The molecule has 0 radical (unpaired) electrons. The number of piperazine rings is 1. The number of nitrogens with zero attached hydrogens (tertiary/aromatic N) is 3. The number of carbonyl (C=O) groups is 2. The van der Waals surface area contributed by atoms with Crippen LogP contribution in [-0.4, -0.2) is 67.4 Å². The molecule has 1 atom stereocenters. The number of para-hydroxylation sites is 2. The molecule has 2 aromatic carbocycles. The fraction of sp³-hybridized carbons (Fsp3) is 0.364. The molecule has 0 aliphatic carbocycles. The third-order valence-corrected chi connectivity index (χ3v) is 5.63. The maximum atomic E-state index is 12.8. The molecule has 0 saturated carbocycles. The minimum atomic E-state index is -0.209. The summed E-state index contributed by atoms with van der Waals surface area (Å²) < 4.78 is 0. The van der Waals surface area contributed by atoms with Crippen molar-refractivity contribution >= 4 is 34.8 Å². The quantitative estimate of drug-likeness (QED) is 0.789. The molecule has 7 heteroatoms. The lowest BCUT2D eigenvalue weighted by atomic mass is 10.2. The average molecular weight is 415 g/mol. The second-order valence-electron chi connectivity index (χ2n) is 7.25. The van der Waals surface area contributed by atoms with E-state index in [1.54, 1.807) is 17.0 Å². The van der Waals surface area contributed by atoms with E-state index in [2.05, 4.69) is 15.1 Å². The van der Waals surface area contributed by atoms with E-state index in [0.29, 0.717) is 17.3 Å². The van der Waals surface area contributed by atoms with Gasteiger partial charge in [0.25, 0.3) is 0 Å². The number of halogens is 1. The van der Waals surface area contributed by atoms with Gasteiger partial charge in [0.15, 0.2) is 0 Å². The van der Waals surface area contributed by atoms with Crippen LogP contribution >= 0.6 is 11.6 Å². The molecule has 0 aromatic heterocycles. The minimum absolute atomic E-state index is 0.0705. The Kier molecular flexibility index (Phi) is 7.25. The zero-order valence-corrected chi connectivity index (χ0v) is 17.6. The summed E-state index contributed by atoms with van der Waals surface area (Å²) in [5.41, 5.74) is 1.51. The van der Waals surface area contributed by atoms with E-state index in [0.717, 1.165) is 31.9 Å². The number of anilines is 2. The summed E-state index contributed by atoms with van der Waals surface area (Å²) >= 11 is 6.09. The van der Waals surface area contributed by atoms with Crippen molar-refractivity contribution in [2.24, 2.45) is 0 Å². The van der Waals surface area contributed by atoms with Crippen molar-refractivity contribution in [3.8, 4) is 0 Å². The van der Waals surface area contributed by atoms with Gasteiger partial charge in [-0.15, -0.1) is 0 Å². The third kappa shape index (κ3) is 5.56. The van der Waals surface area contributed by atoms with E-state index in [-0.39, 0.29) is 17.9 Å². The smallest absolute Gasteiger partial charge is 0.243 e. The summed E-state index contributed by atoms with van der Waals surface area (Å²) in [5, 5.41) is 3.38. The van der Waals surface area contributed by atoms with Crippen molar-refractivity contribution in [3.05, 3.63) is 59.6 Å². The molecule has 29 heavy (non-hydrogen) atoms. The first-order chi connectivity index (χ1) is 14.0. The summed E-state index contributed by atoms with van der Waals surface area (Å²) in [5.74, 6) is -0.0133. The van der Waals surface area contributed by atoms with Gasteiger partial charge in [0.1, 0.15) is 0 Å². The van der Waals surface area contributed by atoms with E-state index in [1.807, 2.05) is 56.4 Å². The first-order valence-electron chi connectivity index (χ1n) is 9.79. The third-order valence-electron chi connectivity index (χ3n) is 5.30. The lowest BCUT2D eigenvalue weighted by molar-refractivity contribution is -0.124. The predicted molar refractivity (Wildman–Crippen MR) is 117 cm³/mol. The van der Waals surface area contributed by atoms with Gasteiger partial charge in [-0.2, -0.15) is 0 Å². The lowest BCUT2D eigenvalue weighted by Crippen LogP contribution is -2.55. The van der Waals surface area contributed by atoms with Crippen molar-refractivity contribution in [1.82, 2.24) is 9.80 Å². The molecule has 2 amide bonds. The van der Waals surface area contributed by atoms with Crippen LogP contribution in [0.25, 0.3) is 0 Å². The topological polar surface area (TPSA) is 55.9 Å². The molecule has 2 aromatic rings. The van der Waals surface area contributed by atoms with Crippen molar-refractivity contribution in [1.29, 1.82) is 0 Å². The van der Waals surface area contributed by atoms with Gasteiger partial charge in [-0.05, 0) is 31.2 Å². The van der Waals surface area contributed by atoms with Gasteiger partial charge in [0.2, 0.25) is 11.8 Å². The van der Waals surface area contributed by atoms with Gasteiger partial charge in [-0.1, -0.05) is 41.9 Å². The number of nitrogens with one attached hydrogen (secondary N) is 1. The molecular weight excluding hydrogens is 388 g/mol. The molecule has 1 saturated heterocycles. The van der Waals surface area contributed by atoms with E-state index in [1.165, 1.54) is 0 Å². The zero-order chi connectivity index (χ0) is 20.8. The van der Waals surface area contributed by atoms with Crippen LogP contribution in [0.1, 0.15) is 6.92 Å². The summed E-state index contributed by atoms with van der Waals surface area (Å²) in [6.45, 7) is 5.22. The number of hydrogen-bond donors (Lipinski definition) is 1. The lowest BCUT2D eigenvalue weighted by Gasteiger charge is -2.38. The maximum Gasteiger partial charge on any atom is 0.243 e. The predicted octanol–water partition coefficient (Wildman–Crippen LogP) is 2.95. The highest BCUT2D eigenvalue weighted by molar-refractivity contribution is 6.33. The first-order valence-corrected chi connectivity index (χ1v) is 10.2. The van der Waals surface area contributed by atoms with Crippen LogP contribution in [0.15, 0.2) is 54.6 Å². The Labute approximate surface area is 177 Å². The van der Waals surface area contributed by atoms with Crippen LogP contribution in [0.5, 0.6) is 0 Å². The number of rotatable bonds is 6. The van der Waals surface area contributed by atoms with Crippen LogP contribution in [0.3, 0.4) is 0 Å². The van der Waals surface area contributed by atoms with Crippen molar-refractivity contribution in [3.63, 3.8) is 0 Å². The highest BCUT2D eigenvalue weighted by Gasteiger charge is 2.28. The summed E-state index contributed by atoms with van der Waals surface area (Å²) in [6.07, 6.45) is 0. The standard InChI is InChI=1S/C22H27ClN4O2/c1-17(22(29)25(2)18-8-4-3-5-9-18)27-14-12-26(13-15-27)16-21(28)24-20-11-7-6-10-19(20)23/h3-11,17H,12-16H2,1-2H3,(H,24,28)/t17-/m1/s1. The molecule has 1 aliphatic heterocycles.